The third kappa shape index (κ3) is 6.80. The van der Waals surface area contributed by atoms with Crippen LogP contribution in [0.15, 0.2) is 91.0 Å². The Hall–Kier alpha value is -3.40. The van der Waals surface area contributed by atoms with Crippen molar-refractivity contribution >= 4 is 11.8 Å². The fourth-order valence-electron chi connectivity index (χ4n) is 4.23. The van der Waals surface area contributed by atoms with Gasteiger partial charge in [-0.1, -0.05) is 105 Å². The average Bonchev–Trinajstić information content (AvgIpc) is 2.88. The highest BCUT2D eigenvalue weighted by Gasteiger charge is 2.31. The summed E-state index contributed by atoms with van der Waals surface area (Å²) in [5.41, 5.74) is 3.21. The van der Waals surface area contributed by atoms with E-state index < -0.39 is 6.04 Å². The summed E-state index contributed by atoms with van der Waals surface area (Å²) in [6.45, 7) is 6.42. The number of hydrogen-bond donors (Lipinski definition) is 1. The van der Waals surface area contributed by atoms with E-state index in [4.69, 9.17) is 0 Å². The zero-order valence-corrected chi connectivity index (χ0v) is 20.5. The van der Waals surface area contributed by atoms with Gasteiger partial charge in [0, 0.05) is 24.9 Å². The molecule has 2 atom stereocenters. The minimum atomic E-state index is -0.520. The number of carbonyl (C=O) groups excluding carboxylic acids is 2. The van der Waals surface area contributed by atoms with Crippen LogP contribution in [-0.4, -0.2) is 28.8 Å². The second-order valence-corrected chi connectivity index (χ2v) is 8.83. The summed E-state index contributed by atoms with van der Waals surface area (Å²) in [4.78, 5) is 28.9. The topological polar surface area (TPSA) is 49.4 Å². The molecule has 0 fully saturated rings. The van der Waals surface area contributed by atoms with Gasteiger partial charge in [-0.2, -0.15) is 0 Å². The number of benzene rings is 3. The van der Waals surface area contributed by atoms with Gasteiger partial charge in [0.15, 0.2) is 0 Å². The third-order valence-electron chi connectivity index (χ3n) is 6.37. The standard InChI is InChI=1S/C30H36N2O2/c1-4-23(3)31-30(34)28(5-2)32(22-24-15-9-6-10-16-24)29(33)21-27(25-17-11-7-12-18-25)26-19-13-8-14-20-26/h6-20,23,27-28H,4-5,21-22H2,1-3H3,(H,31,34). The molecule has 3 aromatic rings. The predicted octanol–water partition coefficient (Wildman–Crippen LogP) is 5.93. The third-order valence-corrected chi connectivity index (χ3v) is 6.37. The van der Waals surface area contributed by atoms with Gasteiger partial charge < -0.3 is 10.2 Å². The quantitative estimate of drug-likeness (QED) is 0.389. The molecule has 4 heteroatoms. The van der Waals surface area contributed by atoms with Crippen molar-refractivity contribution in [2.75, 3.05) is 0 Å². The largest absolute Gasteiger partial charge is 0.352 e. The molecule has 0 aromatic heterocycles. The van der Waals surface area contributed by atoms with E-state index in [1.54, 1.807) is 4.90 Å². The van der Waals surface area contributed by atoms with Crippen LogP contribution in [0.5, 0.6) is 0 Å². The van der Waals surface area contributed by atoms with Gasteiger partial charge >= 0.3 is 0 Å². The SMILES string of the molecule is CCC(C)NC(=O)C(CC)N(Cc1ccccc1)C(=O)CC(c1ccccc1)c1ccccc1. The molecule has 0 radical (unpaired) electrons. The molecule has 3 rings (SSSR count). The second-order valence-electron chi connectivity index (χ2n) is 8.83. The first-order valence-corrected chi connectivity index (χ1v) is 12.3. The van der Waals surface area contributed by atoms with Crippen LogP contribution in [0.4, 0.5) is 0 Å². The van der Waals surface area contributed by atoms with Gasteiger partial charge in [-0.3, -0.25) is 9.59 Å². The Kier molecular flexibility index (Phi) is 9.45. The smallest absolute Gasteiger partial charge is 0.243 e. The fourth-order valence-corrected chi connectivity index (χ4v) is 4.23. The first-order chi connectivity index (χ1) is 16.5. The monoisotopic (exact) mass is 456 g/mol. The van der Waals surface area contributed by atoms with Crippen molar-refractivity contribution in [2.24, 2.45) is 0 Å². The highest BCUT2D eigenvalue weighted by atomic mass is 16.2. The van der Waals surface area contributed by atoms with Crippen LogP contribution in [-0.2, 0) is 16.1 Å². The van der Waals surface area contributed by atoms with Crippen LogP contribution in [0.3, 0.4) is 0 Å². The van der Waals surface area contributed by atoms with E-state index in [0.29, 0.717) is 19.4 Å². The van der Waals surface area contributed by atoms with Crippen LogP contribution in [0.1, 0.15) is 62.6 Å². The van der Waals surface area contributed by atoms with Crippen molar-refractivity contribution < 1.29 is 9.59 Å². The normalized spacial score (nSPS) is 12.7. The number of nitrogens with one attached hydrogen (secondary N) is 1. The number of amides is 2. The molecule has 0 saturated heterocycles. The van der Waals surface area contributed by atoms with E-state index in [1.807, 2.05) is 87.5 Å². The Morgan fingerprint density at radius 2 is 1.26 bits per heavy atom. The minimum absolute atomic E-state index is 0.0206. The molecule has 0 bridgehead atoms. The minimum Gasteiger partial charge on any atom is -0.352 e. The Bertz CT molecular complexity index is 982. The van der Waals surface area contributed by atoms with E-state index in [1.165, 1.54) is 0 Å². The summed E-state index contributed by atoms with van der Waals surface area (Å²) in [7, 11) is 0. The first-order valence-electron chi connectivity index (χ1n) is 12.3. The summed E-state index contributed by atoms with van der Waals surface area (Å²) in [5.74, 6) is -0.187. The molecule has 0 saturated carbocycles. The summed E-state index contributed by atoms with van der Waals surface area (Å²) < 4.78 is 0. The molecule has 0 spiro atoms. The predicted molar refractivity (Wildman–Crippen MR) is 138 cm³/mol. The lowest BCUT2D eigenvalue weighted by Crippen LogP contribution is -2.51. The van der Waals surface area contributed by atoms with E-state index >= 15 is 0 Å². The highest BCUT2D eigenvalue weighted by molar-refractivity contribution is 5.88. The van der Waals surface area contributed by atoms with E-state index in [2.05, 4.69) is 29.6 Å². The molecule has 3 aromatic carbocycles. The van der Waals surface area contributed by atoms with Crippen LogP contribution >= 0.6 is 0 Å². The molecule has 2 amide bonds. The van der Waals surface area contributed by atoms with E-state index in [9.17, 15) is 9.59 Å². The van der Waals surface area contributed by atoms with E-state index in [-0.39, 0.29) is 23.8 Å². The van der Waals surface area contributed by atoms with E-state index in [0.717, 1.165) is 23.1 Å². The van der Waals surface area contributed by atoms with Gasteiger partial charge in [0.25, 0.3) is 0 Å². The van der Waals surface area contributed by atoms with Gasteiger partial charge in [0.05, 0.1) is 0 Å². The Balaban J connectivity index is 1.93. The molecule has 0 aliphatic heterocycles. The lowest BCUT2D eigenvalue weighted by Gasteiger charge is -2.33. The van der Waals surface area contributed by atoms with Crippen molar-refractivity contribution in [3.8, 4) is 0 Å². The number of hydrogen-bond acceptors (Lipinski definition) is 2. The lowest BCUT2D eigenvalue weighted by atomic mass is 9.88. The number of nitrogens with zero attached hydrogens (tertiary/aromatic N) is 1. The van der Waals surface area contributed by atoms with Crippen molar-refractivity contribution in [2.45, 2.75) is 64.6 Å². The van der Waals surface area contributed by atoms with Crippen molar-refractivity contribution in [1.82, 2.24) is 10.2 Å². The number of rotatable bonds is 11. The molecular formula is C30H36N2O2. The van der Waals surface area contributed by atoms with Gasteiger partial charge in [0.1, 0.15) is 6.04 Å². The number of carbonyl (C=O) groups is 2. The van der Waals surface area contributed by atoms with Crippen LogP contribution in [0.25, 0.3) is 0 Å². The second kappa shape index (κ2) is 12.7. The van der Waals surface area contributed by atoms with Gasteiger partial charge in [-0.05, 0) is 36.5 Å². The van der Waals surface area contributed by atoms with Gasteiger partial charge in [-0.25, -0.2) is 0 Å². The zero-order chi connectivity index (χ0) is 24.3. The summed E-state index contributed by atoms with van der Waals surface area (Å²) >= 11 is 0. The Labute approximate surface area is 204 Å². The average molecular weight is 457 g/mol. The van der Waals surface area contributed by atoms with Crippen molar-refractivity contribution in [1.29, 1.82) is 0 Å². The maximum atomic E-state index is 13.9. The molecule has 0 aliphatic rings. The molecule has 2 unspecified atom stereocenters. The van der Waals surface area contributed by atoms with Crippen molar-refractivity contribution in [3.05, 3.63) is 108 Å². The van der Waals surface area contributed by atoms with Crippen molar-refractivity contribution in [3.63, 3.8) is 0 Å². The highest BCUT2D eigenvalue weighted by Crippen LogP contribution is 2.29. The lowest BCUT2D eigenvalue weighted by molar-refractivity contribution is -0.141. The van der Waals surface area contributed by atoms with Crippen LogP contribution in [0.2, 0.25) is 0 Å². The molecule has 4 nitrogen and oxygen atoms in total. The molecule has 178 valence electrons. The molecule has 1 N–H and O–H groups in total. The maximum absolute atomic E-state index is 13.9. The zero-order valence-electron chi connectivity index (χ0n) is 20.5. The summed E-state index contributed by atoms with van der Waals surface area (Å²) in [6.07, 6.45) is 1.70. The van der Waals surface area contributed by atoms with Gasteiger partial charge in [-0.15, -0.1) is 0 Å². The molecule has 0 heterocycles. The maximum Gasteiger partial charge on any atom is 0.243 e. The van der Waals surface area contributed by atoms with Crippen LogP contribution in [0, 0.1) is 0 Å². The molecular weight excluding hydrogens is 420 g/mol. The summed E-state index contributed by atoms with van der Waals surface area (Å²) in [6, 6.07) is 29.7. The van der Waals surface area contributed by atoms with Gasteiger partial charge in [0.2, 0.25) is 11.8 Å². The van der Waals surface area contributed by atoms with Crippen LogP contribution < -0.4 is 5.32 Å². The first kappa shape index (κ1) is 25.2. The Morgan fingerprint density at radius 1 is 0.765 bits per heavy atom. The fraction of sp³-hybridized carbons (Fsp3) is 0.333. The molecule has 34 heavy (non-hydrogen) atoms. The summed E-state index contributed by atoms with van der Waals surface area (Å²) in [5, 5.41) is 3.09. The molecule has 0 aliphatic carbocycles. The Morgan fingerprint density at radius 3 is 1.74 bits per heavy atom.